The lowest BCUT2D eigenvalue weighted by molar-refractivity contribution is -0.120. The highest BCUT2D eigenvalue weighted by molar-refractivity contribution is 5.75. The van der Waals surface area contributed by atoms with Crippen LogP contribution in [0.15, 0.2) is 24.3 Å². The summed E-state index contributed by atoms with van der Waals surface area (Å²) in [6.07, 6.45) is 4.43. The van der Waals surface area contributed by atoms with E-state index < -0.39 is 0 Å². The Bertz CT molecular complexity index is 566. The number of urea groups is 1. The van der Waals surface area contributed by atoms with Crippen LogP contribution in [0.5, 0.6) is 0 Å². The first-order chi connectivity index (χ1) is 12.6. The zero-order chi connectivity index (χ0) is 18.8. The van der Waals surface area contributed by atoms with Crippen LogP contribution >= 0.6 is 0 Å². The number of piperidine rings is 1. The van der Waals surface area contributed by atoms with Gasteiger partial charge in [0, 0.05) is 40.2 Å². The molecule has 6 heteroatoms. The number of aryl methyl sites for hydroxylation is 1. The molecule has 2 N–H and O–H groups in total. The SMILES string of the molecule is CNC(=O)CCc1ccc(CC2CCN(C(=O)NCCOC)CC2)cc1. The van der Waals surface area contributed by atoms with Crippen molar-refractivity contribution < 1.29 is 14.3 Å². The van der Waals surface area contributed by atoms with Crippen molar-refractivity contribution in [1.82, 2.24) is 15.5 Å². The first kappa shape index (κ1) is 20.2. The van der Waals surface area contributed by atoms with E-state index in [1.54, 1.807) is 14.2 Å². The lowest BCUT2D eigenvalue weighted by Gasteiger charge is -2.32. The summed E-state index contributed by atoms with van der Waals surface area (Å²) < 4.78 is 4.95. The summed E-state index contributed by atoms with van der Waals surface area (Å²) in [5.41, 5.74) is 2.52. The number of hydrogen-bond acceptors (Lipinski definition) is 3. The average molecular weight is 361 g/mol. The van der Waals surface area contributed by atoms with Crippen LogP contribution in [0.3, 0.4) is 0 Å². The molecule has 1 aliphatic heterocycles. The van der Waals surface area contributed by atoms with Crippen molar-refractivity contribution in [1.29, 1.82) is 0 Å². The third kappa shape index (κ3) is 6.67. The van der Waals surface area contributed by atoms with Crippen LogP contribution in [0, 0.1) is 5.92 Å². The monoisotopic (exact) mass is 361 g/mol. The molecule has 6 nitrogen and oxygen atoms in total. The molecule has 1 aliphatic rings. The highest BCUT2D eigenvalue weighted by Crippen LogP contribution is 2.22. The standard InChI is InChI=1S/C20H31N3O3/c1-21-19(24)8-7-16-3-5-17(6-4-16)15-18-9-12-23(13-10-18)20(25)22-11-14-26-2/h3-6,18H,7-15H2,1-2H3,(H,21,24)(H,22,25). The maximum absolute atomic E-state index is 12.0. The summed E-state index contributed by atoms with van der Waals surface area (Å²) in [6, 6.07) is 8.60. The third-order valence-corrected chi connectivity index (χ3v) is 4.95. The fourth-order valence-electron chi connectivity index (χ4n) is 3.27. The first-order valence-electron chi connectivity index (χ1n) is 9.42. The number of methoxy groups -OCH3 is 1. The summed E-state index contributed by atoms with van der Waals surface area (Å²) in [6.45, 7) is 2.73. The second-order valence-corrected chi connectivity index (χ2v) is 6.85. The van der Waals surface area contributed by atoms with Crippen molar-refractivity contribution in [3.63, 3.8) is 0 Å². The molecule has 0 radical (unpaired) electrons. The van der Waals surface area contributed by atoms with Gasteiger partial charge in [0.1, 0.15) is 0 Å². The summed E-state index contributed by atoms with van der Waals surface area (Å²) in [7, 11) is 3.30. The molecule has 0 spiro atoms. The first-order valence-corrected chi connectivity index (χ1v) is 9.42. The number of ether oxygens (including phenoxy) is 1. The highest BCUT2D eigenvalue weighted by Gasteiger charge is 2.22. The van der Waals surface area contributed by atoms with E-state index in [1.807, 2.05) is 4.90 Å². The molecular formula is C20H31N3O3. The minimum Gasteiger partial charge on any atom is -0.383 e. The summed E-state index contributed by atoms with van der Waals surface area (Å²) in [5, 5.41) is 5.53. The second kappa shape index (κ2) is 10.8. The van der Waals surface area contributed by atoms with Gasteiger partial charge in [0.2, 0.25) is 5.91 Å². The maximum Gasteiger partial charge on any atom is 0.317 e. The Morgan fingerprint density at radius 3 is 2.42 bits per heavy atom. The van der Waals surface area contributed by atoms with Crippen LogP contribution in [0.1, 0.15) is 30.4 Å². The smallest absolute Gasteiger partial charge is 0.317 e. The Hall–Kier alpha value is -2.08. The molecule has 0 unspecified atom stereocenters. The number of benzene rings is 1. The second-order valence-electron chi connectivity index (χ2n) is 6.85. The van der Waals surface area contributed by atoms with Crippen LogP contribution in [0.25, 0.3) is 0 Å². The molecule has 0 aliphatic carbocycles. The fourth-order valence-corrected chi connectivity index (χ4v) is 3.27. The van der Waals surface area contributed by atoms with Gasteiger partial charge in [0.05, 0.1) is 6.61 Å². The molecule has 0 aromatic heterocycles. The lowest BCUT2D eigenvalue weighted by Crippen LogP contribution is -2.45. The molecular weight excluding hydrogens is 330 g/mol. The number of rotatable bonds is 8. The fraction of sp³-hybridized carbons (Fsp3) is 0.600. The number of nitrogens with one attached hydrogen (secondary N) is 2. The van der Waals surface area contributed by atoms with Crippen LogP contribution in [0.4, 0.5) is 4.79 Å². The molecule has 0 bridgehead atoms. The molecule has 0 atom stereocenters. The molecule has 1 aromatic rings. The lowest BCUT2D eigenvalue weighted by atomic mass is 9.90. The largest absolute Gasteiger partial charge is 0.383 e. The van der Waals surface area contributed by atoms with Gasteiger partial charge in [0.25, 0.3) is 0 Å². The van der Waals surface area contributed by atoms with E-state index in [4.69, 9.17) is 4.74 Å². The van der Waals surface area contributed by atoms with Gasteiger partial charge in [-0.3, -0.25) is 4.79 Å². The van der Waals surface area contributed by atoms with Gasteiger partial charge in [-0.2, -0.15) is 0 Å². The Morgan fingerprint density at radius 2 is 1.81 bits per heavy atom. The predicted molar refractivity (Wildman–Crippen MR) is 102 cm³/mol. The summed E-state index contributed by atoms with van der Waals surface area (Å²) in [5.74, 6) is 0.696. The van der Waals surface area contributed by atoms with E-state index in [9.17, 15) is 9.59 Å². The minimum atomic E-state index is 0.0148. The number of likely N-dealkylation sites (tertiary alicyclic amines) is 1. The molecule has 2 rings (SSSR count). The molecule has 1 saturated heterocycles. The maximum atomic E-state index is 12.0. The Balaban J connectivity index is 1.71. The Kier molecular flexibility index (Phi) is 8.41. The molecule has 26 heavy (non-hydrogen) atoms. The number of nitrogens with zero attached hydrogens (tertiary/aromatic N) is 1. The number of amides is 3. The third-order valence-electron chi connectivity index (χ3n) is 4.95. The molecule has 144 valence electrons. The van der Waals surface area contributed by atoms with Crippen LogP contribution < -0.4 is 10.6 Å². The van der Waals surface area contributed by atoms with Crippen LogP contribution in [-0.4, -0.2) is 57.2 Å². The minimum absolute atomic E-state index is 0.0148. The molecule has 1 heterocycles. The average Bonchev–Trinajstić information content (AvgIpc) is 2.68. The van der Waals surface area contributed by atoms with E-state index in [-0.39, 0.29) is 11.9 Å². The van der Waals surface area contributed by atoms with E-state index >= 15 is 0 Å². The number of carbonyl (C=O) groups excluding carboxylic acids is 2. The van der Waals surface area contributed by atoms with Gasteiger partial charge >= 0.3 is 6.03 Å². The topological polar surface area (TPSA) is 70.7 Å². The molecule has 1 fully saturated rings. The van der Waals surface area contributed by atoms with Crippen molar-refractivity contribution in [2.75, 3.05) is 40.4 Å². The number of carbonyl (C=O) groups is 2. The quantitative estimate of drug-likeness (QED) is 0.696. The zero-order valence-electron chi connectivity index (χ0n) is 15.9. The van der Waals surface area contributed by atoms with Gasteiger partial charge < -0.3 is 20.3 Å². The zero-order valence-corrected chi connectivity index (χ0v) is 15.9. The van der Waals surface area contributed by atoms with E-state index in [2.05, 4.69) is 34.9 Å². The molecule has 3 amide bonds. The van der Waals surface area contributed by atoms with Crippen LogP contribution in [-0.2, 0) is 22.4 Å². The van der Waals surface area contributed by atoms with Crippen molar-refractivity contribution in [3.05, 3.63) is 35.4 Å². The predicted octanol–water partition coefficient (Wildman–Crippen LogP) is 1.98. The van der Waals surface area contributed by atoms with Crippen LogP contribution in [0.2, 0.25) is 0 Å². The van der Waals surface area contributed by atoms with E-state index in [0.717, 1.165) is 38.8 Å². The number of hydrogen-bond donors (Lipinski definition) is 2. The normalized spacial score (nSPS) is 14.9. The summed E-state index contributed by atoms with van der Waals surface area (Å²) >= 11 is 0. The van der Waals surface area contributed by atoms with Gasteiger partial charge in [-0.1, -0.05) is 24.3 Å². The van der Waals surface area contributed by atoms with Gasteiger partial charge in [-0.05, 0) is 42.7 Å². The Morgan fingerprint density at radius 1 is 1.15 bits per heavy atom. The molecule has 0 saturated carbocycles. The van der Waals surface area contributed by atoms with Gasteiger partial charge in [0.15, 0.2) is 0 Å². The van der Waals surface area contributed by atoms with Crippen molar-refractivity contribution in [2.45, 2.75) is 32.1 Å². The van der Waals surface area contributed by atoms with Crippen molar-refractivity contribution in [2.24, 2.45) is 5.92 Å². The Labute approximate surface area is 156 Å². The van der Waals surface area contributed by atoms with Gasteiger partial charge in [-0.15, -0.1) is 0 Å². The van der Waals surface area contributed by atoms with Gasteiger partial charge in [-0.25, -0.2) is 4.79 Å². The van der Waals surface area contributed by atoms with E-state index in [1.165, 1.54) is 11.1 Å². The van der Waals surface area contributed by atoms with Crippen molar-refractivity contribution in [3.8, 4) is 0 Å². The summed E-state index contributed by atoms with van der Waals surface area (Å²) in [4.78, 5) is 25.2. The highest BCUT2D eigenvalue weighted by atomic mass is 16.5. The molecule has 1 aromatic carbocycles. The van der Waals surface area contributed by atoms with Crippen molar-refractivity contribution >= 4 is 11.9 Å². The van der Waals surface area contributed by atoms with E-state index in [0.29, 0.717) is 25.5 Å².